The summed E-state index contributed by atoms with van der Waals surface area (Å²) >= 11 is 0. The van der Waals surface area contributed by atoms with Crippen molar-refractivity contribution in [1.82, 2.24) is 25.0 Å². The number of alkyl halides is 3. The maximum absolute atomic E-state index is 12.4. The molecule has 0 aliphatic carbocycles. The zero-order valence-electron chi connectivity index (χ0n) is 12.5. The minimum Gasteiger partial charge on any atom is -0.293 e. The summed E-state index contributed by atoms with van der Waals surface area (Å²) in [6.07, 6.45) is -2.96. The number of hydrogen-bond acceptors (Lipinski definition) is 4. The SMILES string of the molecule is CC(Cn1ncc2ccccc21)C(=O)Nc1n[nH]c(C(F)(F)F)n1. The Morgan fingerprint density at radius 2 is 2.12 bits per heavy atom. The normalized spacial score (nSPS) is 13.2. The number of aromatic amines is 1. The standard InChI is InChI=1S/C14H13F3N6O/c1-8(7-23-10-5-3-2-4-9(10)6-18-23)11(24)19-13-20-12(21-22-13)14(15,16)17/h2-6,8H,7H2,1H3,(H2,19,20,21,22,24). The molecule has 0 radical (unpaired) electrons. The summed E-state index contributed by atoms with van der Waals surface area (Å²) < 4.78 is 39.0. The third kappa shape index (κ3) is 3.21. The summed E-state index contributed by atoms with van der Waals surface area (Å²) in [4.78, 5) is 15.3. The Morgan fingerprint density at radius 3 is 2.83 bits per heavy atom. The summed E-state index contributed by atoms with van der Waals surface area (Å²) in [7, 11) is 0. The lowest BCUT2D eigenvalue weighted by Gasteiger charge is -2.11. The van der Waals surface area contributed by atoms with Crippen molar-refractivity contribution in [1.29, 1.82) is 0 Å². The van der Waals surface area contributed by atoms with Gasteiger partial charge in [-0.3, -0.25) is 19.9 Å². The van der Waals surface area contributed by atoms with Crippen LogP contribution in [0.5, 0.6) is 0 Å². The van der Waals surface area contributed by atoms with E-state index in [2.05, 4.69) is 20.5 Å². The fraction of sp³-hybridized carbons (Fsp3) is 0.286. The Labute approximate surface area is 133 Å². The van der Waals surface area contributed by atoms with Gasteiger partial charge in [0.15, 0.2) is 0 Å². The molecule has 0 saturated heterocycles. The first-order chi connectivity index (χ1) is 11.3. The van der Waals surface area contributed by atoms with Gasteiger partial charge in [0.2, 0.25) is 17.7 Å². The van der Waals surface area contributed by atoms with Crippen molar-refractivity contribution in [3.8, 4) is 0 Å². The van der Waals surface area contributed by atoms with Crippen LogP contribution in [0, 0.1) is 5.92 Å². The van der Waals surface area contributed by atoms with Gasteiger partial charge in [-0.05, 0) is 6.07 Å². The van der Waals surface area contributed by atoms with E-state index in [1.807, 2.05) is 24.3 Å². The van der Waals surface area contributed by atoms with Crippen LogP contribution >= 0.6 is 0 Å². The fourth-order valence-corrected chi connectivity index (χ4v) is 2.19. The van der Waals surface area contributed by atoms with E-state index in [1.54, 1.807) is 22.9 Å². The van der Waals surface area contributed by atoms with Crippen LogP contribution in [0.25, 0.3) is 10.9 Å². The molecule has 126 valence electrons. The molecule has 0 saturated carbocycles. The molecule has 3 aromatic rings. The fourth-order valence-electron chi connectivity index (χ4n) is 2.19. The number of nitrogens with one attached hydrogen (secondary N) is 2. The Balaban J connectivity index is 1.68. The first kappa shape index (κ1) is 16.0. The van der Waals surface area contributed by atoms with Gasteiger partial charge in [-0.15, -0.1) is 5.10 Å². The number of anilines is 1. The van der Waals surface area contributed by atoms with E-state index >= 15 is 0 Å². The highest BCUT2D eigenvalue weighted by atomic mass is 19.4. The number of amides is 1. The molecular formula is C14H13F3N6O. The number of benzene rings is 1. The number of carbonyl (C=O) groups is 1. The molecule has 10 heteroatoms. The Bertz CT molecular complexity index is 869. The van der Waals surface area contributed by atoms with Crippen LogP contribution in [0.1, 0.15) is 12.7 Å². The molecule has 1 aromatic carbocycles. The van der Waals surface area contributed by atoms with Crippen molar-refractivity contribution in [3.05, 3.63) is 36.3 Å². The van der Waals surface area contributed by atoms with Crippen LogP contribution in [0.3, 0.4) is 0 Å². The monoisotopic (exact) mass is 338 g/mol. The number of H-pyrrole nitrogens is 1. The minimum absolute atomic E-state index is 0.274. The highest BCUT2D eigenvalue weighted by Crippen LogP contribution is 2.26. The highest BCUT2D eigenvalue weighted by Gasteiger charge is 2.35. The van der Waals surface area contributed by atoms with E-state index in [0.717, 1.165) is 10.9 Å². The van der Waals surface area contributed by atoms with Gasteiger partial charge in [-0.2, -0.15) is 23.3 Å². The van der Waals surface area contributed by atoms with Crippen LogP contribution in [0.4, 0.5) is 19.1 Å². The molecule has 0 fully saturated rings. The number of para-hydroxylation sites is 1. The molecular weight excluding hydrogens is 325 g/mol. The molecule has 24 heavy (non-hydrogen) atoms. The van der Waals surface area contributed by atoms with Crippen molar-refractivity contribution in [2.45, 2.75) is 19.6 Å². The number of hydrogen-bond donors (Lipinski definition) is 2. The summed E-state index contributed by atoms with van der Waals surface area (Å²) in [5, 5.41) is 12.5. The third-order valence-corrected chi connectivity index (χ3v) is 3.43. The predicted molar refractivity (Wildman–Crippen MR) is 78.9 cm³/mol. The molecule has 2 heterocycles. The number of fused-ring (bicyclic) bond motifs is 1. The molecule has 1 amide bonds. The van der Waals surface area contributed by atoms with Gasteiger partial charge in [0, 0.05) is 5.39 Å². The number of carbonyl (C=O) groups excluding carboxylic acids is 1. The van der Waals surface area contributed by atoms with Crippen LogP contribution in [-0.2, 0) is 17.5 Å². The largest absolute Gasteiger partial charge is 0.451 e. The molecule has 3 rings (SSSR count). The van der Waals surface area contributed by atoms with Crippen LogP contribution in [0.2, 0.25) is 0 Å². The summed E-state index contributed by atoms with van der Waals surface area (Å²) in [5.74, 6) is -2.71. The Kier molecular flexibility index (Phi) is 3.96. The van der Waals surface area contributed by atoms with Crippen LogP contribution in [0.15, 0.2) is 30.5 Å². The smallest absolute Gasteiger partial charge is 0.293 e. The molecule has 1 unspecified atom stereocenters. The summed E-state index contributed by atoms with van der Waals surface area (Å²) in [5.41, 5.74) is 0.870. The van der Waals surface area contributed by atoms with Crippen LogP contribution < -0.4 is 5.32 Å². The number of aromatic nitrogens is 5. The molecule has 2 aromatic heterocycles. The summed E-state index contributed by atoms with van der Waals surface area (Å²) in [6.45, 7) is 1.92. The van der Waals surface area contributed by atoms with E-state index in [-0.39, 0.29) is 6.54 Å². The molecule has 0 spiro atoms. The van der Waals surface area contributed by atoms with Gasteiger partial charge in [0.05, 0.1) is 24.2 Å². The average Bonchev–Trinajstić information content (AvgIpc) is 3.14. The first-order valence-electron chi connectivity index (χ1n) is 7.05. The molecule has 0 bridgehead atoms. The lowest BCUT2D eigenvalue weighted by molar-refractivity contribution is -0.144. The molecule has 0 aliphatic heterocycles. The number of rotatable bonds is 4. The zero-order valence-corrected chi connectivity index (χ0v) is 12.5. The van der Waals surface area contributed by atoms with Crippen molar-refractivity contribution >= 4 is 22.8 Å². The summed E-state index contributed by atoms with van der Waals surface area (Å²) in [6, 6.07) is 7.51. The molecule has 2 N–H and O–H groups in total. The maximum Gasteiger partial charge on any atom is 0.451 e. The van der Waals surface area contributed by atoms with E-state index in [4.69, 9.17) is 0 Å². The average molecular weight is 338 g/mol. The Hall–Kier alpha value is -2.91. The van der Waals surface area contributed by atoms with E-state index < -0.39 is 29.8 Å². The topological polar surface area (TPSA) is 88.5 Å². The van der Waals surface area contributed by atoms with Gasteiger partial charge in [-0.1, -0.05) is 25.1 Å². The minimum atomic E-state index is -4.64. The van der Waals surface area contributed by atoms with Crippen LogP contribution in [-0.4, -0.2) is 30.9 Å². The van der Waals surface area contributed by atoms with Gasteiger partial charge in [0.25, 0.3) is 0 Å². The molecule has 0 aliphatic rings. The lowest BCUT2D eigenvalue weighted by atomic mass is 10.1. The second-order valence-electron chi connectivity index (χ2n) is 5.28. The first-order valence-corrected chi connectivity index (χ1v) is 7.05. The van der Waals surface area contributed by atoms with Gasteiger partial charge >= 0.3 is 6.18 Å². The quantitative estimate of drug-likeness (QED) is 0.765. The Morgan fingerprint density at radius 1 is 1.38 bits per heavy atom. The molecule has 1 atom stereocenters. The zero-order chi connectivity index (χ0) is 17.3. The highest BCUT2D eigenvalue weighted by molar-refractivity contribution is 5.90. The van der Waals surface area contributed by atoms with Gasteiger partial charge in [-0.25, -0.2) is 0 Å². The predicted octanol–water partition coefficient (Wildman–Crippen LogP) is 2.45. The van der Waals surface area contributed by atoms with Crippen molar-refractivity contribution < 1.29 is 18.0 Å². The van der Waals surface area contributed by atoms with E-state index in [9.17, 15) is 18.0 Å². The number of nitrogens with zero attached hydrogens (tertiary/aromatic N) is 4. The second kappa shape index (κ2) is 5.95. The lowest BCUT2D eigenvalue weighted by Crippen LogP contribution is -2.25. The van der Waals surface area contributed by atoms with Crippen molar-refractivity contribution in [3.63, 3.8) is 0 Å². The molecule has 7 nitrogen and oxygen atoms in total. The van der Waals surface area contributed by atoms with Crippen molar-refractivity contribution in [2.75, 3.05) is 5.32 Å². The third-order valence-electron chi connectivity index (χ3n) is 3.43. The van der Waals surface area contributed by atoms with E-state index in [1.165, 1.54) is 0 Å². The second-order valence-corrected chi connectivity index (χ2v) is 5.28. The van der Waals surface area contributed by atoms with E-state index in [0.29, 0.717) is 0 Å². The maximum atomic E-state index is 12.4. The van der Waals surface area contributed by atoms with Gasteiger partial charge < -0.3 is 0 Å². The number of halogens is 3. The van der Waals surface area contributed by atoms with Gasteiger partial charge in [0.1, 0.15) is 0 Å². The van der Waals surface area contributed by atoms with Crippen molar-refractivity contribution in [2.24, 2.45) is 5.92 Å².